The van der Waals surface area contributed by atoms with Gasteiger partial charge in [0.05, 0.1) is 11.1 Å². The molecule has 0 amide bonds. The number of ether oxygens (including phenoxy) is 2. The van der Waals surface area contributed by atoms with E-state index in [1.54, 1.807) is 0 Å². The van der Waals surface area contributed by atoms with E-state index < -0.39 is 0 Å². The van der Waals surface area contributed by atoms with E-state index in [0.717, 1.165) is 34.4 Å². The highest BCUT2D eigenvalue weighted by molar-refractivity contribution is 9.10. The van der Waals surface area contributed by atoms with E-state index in [-0.39, 0.29) is 0 Å². The third kappa shape index (κ3) is 5.74. The van der Waals surface area contributed by atoms with Gasteiger partial charge >= 0.3 is 0 Å². The van der Waals surface area contributed by atoms with E-state index in [1.165, 1.54) is 5.56 Å². The summed E-state index contributed by atoms with van der Waals surface area (Å²) in [6.07, 6.45) is 0. The van der Waals surface area contributed by atoms with E-state index in [9.17, 15) is 0 Å². The normalized spacial score (nSPS) is 10.7. The van der Waals surface area contributed by atoms with Crippen molar-refractivity contribution in [3.63, 3.8) is 0 Å². The molecule has 0 aliphatic heterocycles. The monoisotopic (exact) mass is 459 g/mol. The Morgan fingerprint density at radius 2 is 1.61 bits per heavy atom. The van der Waals surface area contributed by atoms with Crippen molar-refractivity contribution in [3.8, 4) is 11.5 Å². The molecule has 3 rings (SSSR count). The van der Waals surface area contributed by atoms with Gasteiger partial charge in [-0.15, -0.1) is 0 Å². The van der Waals surface area contributed by atoms with Gasteiger partial charge in [-0.05, 0) is 52.2 Å². The van der Waals surface area contributed by atoms with Crippen LogP contribution in [0.4, 0.5) is 0 Å². The topological polar surface area (TPSA) is 30.5 Å². The van der Waals surface area contributed by atoms with E-state index in [0.29, 0.717) is 24.0 Å². The third-order valence-electron chi connectivity index (χ3n) is 4.20. The Balaban J connectivity index is 1.69. The highest BCUT2D eigenvalue weighted by Gasteiger charge is 2.13. The molecule has 3 aromatic rings. The maximum Gasteiger partial charge on any atom is 0.175 e. The number of hydrogen-bond acceptors (Lipinski definition) is 3. The Morgan fingerprint density at radius 1 is 0.893 bits per heavy atom. The molecule has 0 heterocycles. The summed E-state index contributed by atoms with van der Waals surface area (Å²) < 4.78 is 12.7. The van der Waals surface area contributed by atoms with Gasteiger partial charge in [-0.3, -0.25) is 0 Å². The minimum absolute atomic E-state index is 0.379. The largest absolute Gasteiger partial charge is 0.490 e. The average Bonchev–Trinajstić information content (AvgIpc) is 2.70. The number of benzene rings is 3. The molecule has 0 fully saturated rings. The van der Waals surface area contributed by atoms with E-state index in [4.69, 9.17) is 21.1 Å². The number of halogens is 2. The van der Waals surface area contributed by atoms with Crippen LogP contribution in [0, 0.1) is 0 Å². The maximum atomic E-state index is 6.23. The first kappa shape index (κ1) is 20.7. The Hall–Kier alpha value is -2.01. The minimum Gasteiger partial charge on any atom is -0.490 e. The molecule has 0 aliphatic carbocycles. The van der Waals surface area contributed by atoms with Gasteiger partial charge in [0, 0.05) is 23.7 Å². The summed E-state index contributed by atoms with van der Waals surface area (Å²) in [7, 11) is 0. The first-order chi connectivity index (χ1) is 13.7. The second-order valence-corrected chi connectivity index (χ2v) is 7.57. The van der Waals surface area contributed by atoms with Gasteiger partial charge < -0.3 is 14.8 Å². The van der Waals surface area contributed by atoms with Crippen molar-refractivity contribution in [2.24, 2.45) is 0 Å². The predicted molar refractivity (Wildman–Crippen MR) is 118 cm³/mol. The first-order valence-electron chi connectivity index (χ1n) is 9.23. The quantitative estimate of drug-likeness (QED) is 0.402. The van der Waals surface area contributed by atoms with Crippen molar-refractivity contribution in [2.75, 3.05) is 6.61 Å². The number of nitrogens with one attached hydrogen (secondary N) is 1. The summed E-state index contributed by atoms with van der Waals surface area (Å²) >= 11 is 9.86. The fourth-order valence-corrected chi connectivity index (χ4v) is 3.63. The minimum atomic E-state index is 0.379. The standard InChI is InChI=1S/C23H23BrClNO2/c1-2-27-22-13-18(15-26-14-17-8-4-3-5-9-17)12-20(24)23(22)28-16-19-10-6-7-11-21(19)25/h3-13,26H,2,14-16H2,1H3. The highest BCUT2D eigenvalue weighted by Crippen LogP contribution is 2.37. The average molecular weight is 461 g/mol. The summed E-state index contributed by atoms with van der Waals surface area (Å²) in [5, 5.41) is 4.16. The lowest BCUT2D eigenvalue weighted by atomic mass is 10.1. The molecule has 0 saturated heterocycles. The van der Waals surface area contributed by atoms with E-state index in [1.807, 2.05) is 55.5 Å². The lowest BCUT2D eigenvalue weighted by Gasteiger charge is -2.16. The first-order valence-corrected chi connectivity index (χ1v) is 10.4. The summed E-state index contributed by atoms with van der Waals surface area (Å²) in [4.78, 5) is 0. The number of rotatable bonds is 9. The van der Waals surface area contributed by atoms with Gasteiger partial charge in [0.2, 0.25) is 0 Å². The molecule has 0 spiro atoms. The third-order valence-corrected chi connectivity index (χ3v) is 5.16. The molecule has 5 heteroatoms. The zero-order valence-corrected chi connectivity index (χ0v) is 18.1. The van der Waals surface area contributed by atoms with Crippen molar-refractivity contribution >= 4 is 27.5 Å². The Morgan fingerprint density at radius 3 is 2.36 bits per heavy atom. The summed E-state index contributed by atoms with van der Waals surface area (Å²) in [6, 6.07) is 22.1. The van der Waals surface area contributed by atoms with Gasteiger partial charge in [0.1, 0.15) is 6.61 Å². The van der Waals surface area contributed by atoms with Crippen LogP contribution < -0.4 is 14.8 Å². The number of hydrogen-bond donors (Lipinski definition) is 1. The fourth-order valence-electron chi connectivity index (χ4n) is 2.84. The van der Waals surface area contributed by atoms with Crippen LogP contribution in [0.2, 0.25) is 5.02 Å². The van der Waals surface area contributed by atoms with Gasteiger partial charge in [-0.25, -0.2) is 0 Å². The molecule has 0 saturated carbocycles. The zero-order chi connectivity index (χ0) is 19.8. The molecule has 0 radical (unpaired) electrons. The van der Waals surface area contributed by atoms with Crippen LogP contribution in [-0.4, -0.2) is 6.61 Å². The fraction of sp³-hybridized carbons (Fsp3) is 0.217. The zero-order valence-electron chi connectivity index (χ0n) is 15.8. The highest BCUT2D eigenvalue weighted by atomic mass is 79.9. The summed E-state index contributed by atoms with van der Waals surface area (Å²) in [5.74, 6) is 1.41. The summed E-state index contributed by atoms with van der Waals surface area (Å²) in [6.45, 7) is 4.46. The van der Waals surface area contributed by atoms with Crippen molar-refractivity contribution in [1.82, 2.24) is 5.32 Å². The van der Waals surface area contributed by atoms with Crippen LogP contribution in [0.1, 0.15) is 23.6 Å². The van der Waals surface area contributed by atoms with E-state index in [2.05, 4.69) is 39.4 Å². The molecule has 0 aliphatic rings. The van der Waals surface area contributed by atoms with Gasteiger partial charge in [0.15, 0.2) is 11.5 Å². The molecular formula is C23H23BrClNO2. The Labute approximate surface area is 179 Å². The smallest absolute Gasteiger partial charge is 0.175 e. The molecular weight excluding hydrogens is 438 g/mol. The summed E-state index contributed by atoms with van der Waals surface area (Å²) in [5.41, 5.74) is 3.31. The molecule has 3 aromatic carbocycles. The lowest BCUT2D eigenvalue weighted by Crippen LogP contribution is -2.13. The Kier molecular flexibility index (Phi) is 7.78. The maximum absolute atomic E-state index is 6.23. The SMILES string of the molecule is CCOc1cc(CNCc2ccccc2)cc(Br)c1OCc1ccccc1Cl. The second-order valence-electron chi connectivity index (χ2n) is 6.31. The van der Waals surface area contributed by atoms with Crippen molar-refractivity contribution < 1.29 is 9.47 Å². The molecule has 146 valence electrons. The second kappa shape index (κ2) is 10.5. The molecule has 0 bridgehead atoms. The van der Waals surface area contributed by atoms with Crippen LogP contribution in [-0.2, 0) is 19.7 Å². The van der Waals surface area contributed by atoms with Crippen molar-refractivity contribution in [2.45, 2.75) is 26.6 Å². The van der Waals surface area contributed by atoms with Crippen molar-refractivity contribution in [1.29, 1.82) is 0 Å². The molecule has 0 aromatic heterocycles. The van der Waals surface area contributed by atoms with E-state index >= 15 is 0 Å². The van der Waals surface area contributed by atoms with Crippen LogP contribution in [0.3, 0.4) is 0 Å². The molecule has 3 nitrogen and oxygen atoms in total. The van der Waals surface area contributed by atoms with Crippen LogP contribution in [0.5, 0.6) is 11.5 Å². The van der Waals surface area contributed by atoms with Crippen LogP contribution in [0.25, 0.3) is 0 Å². The molecule has 1 N–H and O–H groups in total. The Bertz CT molecular complexity index is 902. The molecule has 28 heavy (non-hydrogen) atoms. The van der Waals surface area contributed by atoms with Crippen LogP contribution >= 0.6 is 27.5 Å². The van der Waals surface area contributed by atoms with Gasteiger partial charge in [-0.1, -0.05) is 60.1 Å². The van der Waals surface area contributed by atoms with Crippen LogP contribution in [0.15, 0.2) is 71.2 Å². The molecule has 0 unspecified atom stereocenters. The lowest BCUT2D eigenvalue weighted by molar-refractivity contribution is 0.267. The van der Waals surface area contributed by atoms with Crippen molar-refractivity contribution in [3.05, 3.63) is 92.9 Å². The molecule has 0 atom stereocenters. The van der Waals surface area contributed by atoms with Gasteiger partial charge in [0.25, 0.3) is 0 Å². The predicted octanol–water partition coefficient (Wildman–Crippen LogP) is 6.37. The van der Waals surface area contributed by atoms with Gasteiger partial charge in [-0.2, -0.15) is 0 Å².